The SMILES string of the molecule is COc1c(O)cc(OCC(O)CO)c2ccccc12. The number of ether oxygens (including phenoxy) is 2. The van der Waals surface area contributed by atoms with E-state index in [1.54, 1.807) is 0 Å². The summed E-state index contributed by atoms with van der Waals surface area (Å²) in [7, 11) is 1.48. The summed E-state index contributed by atoms with van der Waals surface area (Å²) in [6.45, 7) is -0.424. The Morgan fingerprint density at radius 3 is 2.53 bits per heavy atom. The predicted molar refractivity (Wildman–Crippen MR) is 70.8 cm³/mol. The molecular formula is C14H16O5. The third-order valence-electron chi connectivity index (χ3n) is 2.78. The zero-order valence-electron chi connectivity index (χ0n) is 10.5. The highest BCUT2D eigenvalue weighted by molar-refractivity contribution is 5.95. The fourth-order valence-corrected chi connectivity index (χ4v) is 1.87. The molecule has 102 valence electrons. The highest BCUT2D eigenvalue weighted by atomic mass is 16.5. The number of aromatic hydroxyl groups is 1. The standard InChI is InChI=1S/C14H16O5/c1-18-14-11-5-3-2-4-10(11)13(6-12(14)17)19-8-9(16)7-15/h2-6,9,15-17H,7-8H2,1H3. The molecule has 0 spiro atoms. The van der Waals surface area contributed by atoms with E-state index in [9.17, 15) is 10.2 Å². The first-order valence-corrected chi connectivity index (χ1v) is 5.87. The van der Waals surface area contributed by atoms with Crippen LogP contribution < -0.4 is 9.47 Å². The lowest BCUT2D eigenvalue weighted by Gasteiger charge is -2.15. The molecule has 0 heterocycles. The number of phenols is 1. The van der Waals surface area contributed by atoms with Gasteiger partial charge in [0.05, 0.1) is 13.7 Å². The zero-order valence-corrected chi connectivity index (χ0v) is 10.5. The molecule has 5 heteroatoms. The normalized spacial score (nSPS) is 12.4. The number of aliphatic hydroxyl groups is 2. The molecule has 0 aliphatic rings. The summed E-state index contributed by atoms with van der Waals surface area (Å²) < 4.78 is 10.6. The van der Waals surface area contributed by atoms with E-state index in [-0.39, 0.29) is 19.0 Å². The Kier molecular flexibility index (Phi) is 4.09. The molecule has 0 amide bonds. The Morgan fingerprint density at radius 1 is 1.21 bits per heavy atom. The van der Waals surface area contributed by atoms with Gasteiger partial charge in [-0.1, -0.05) is 24.3 Å². The largest absolute Gasteiger partial charge is 0.504 e. The van der Waals surface area contributed by atoms with Gasteiger partial charge in [-0.05, 0) is 0 Å². The number of phenolic OH excluding ortho intramolecular Hbond substituents is 1. The molecule has 2 aromatic rings. The maximum atomic E-state index is 9.89. The van der Waals surface area contributed by atoms with Crippen LogP contribution in [0.3, 0.4) is 0 Å². The second kappa shape index (κ2) is 5.77. The first-order chi connectivity index (χ1) is 9.17. The maximum Gasteiger partial charge on any atom is 0.168 e. The van der Waals surface area contributed by atoms with E-state index >= 15 is 0 Å². The quantitative estimate of drug-likeness (QED) is 0.758. The van der Waals surface area contributed by atoms with Crippen LogP contribution in [0.1, 0.15) is 0 Å². The van der Waals surface area contributed by atoms with Gasteiger partial charge in [0.15, 0.2) is 11.5 Å². The number of benzene rings is 2. The van der Waals surface area contributed by atoms with Crippen LogP contribution in [-0.2, 0) is 0 Å². The zero-order chi connectivity index (χ0) is 13.8. The number of methoxy groups -OCH3 is 1. The fourth-order valence-electron chi connectivity index (χ4n) is 1.87. The van der Waals surface area contributed by atoms with Crippen molar-refractivity contribution in [2.24, 2.45) is 0 Å². The van der Waals surface area contributed by atoms with E-state index < -0.39 is 6.10 Å². The van der Waals surface area contributed by atoms with Gasteiger partial charge in [0, 0.05) is 16.8 Å². The van der Waals surface area contributed by atoms with Crippen molar-refractivity contribution >= 4 is 10.8 Å². The molecule has 5 nitrogen and oxygen atoms in total. The van der Waals surface area contributed by atoms with Crippen LogP contribution >= 0.6 is 0 Å². The number of hydrogen-bond donors (Lipinski definition) is 3. The van der Waals surface area contributed by atoms with Crippen LogP contribution in [-0.4, -0.2) is 41.7 Å². The van der Waals surface area contributed by atoms with Gasteiger partial charge in [-0.15, -0.1) is 0 Å². The lowest BCUT2D eigenvalue weighted by atomic mass is 10.1. The molecule has 0 aliphatic heterocycles. The summed E-state index contributed by atoms with van der Waals surface area (Å²) in [5.41, 5.74) is 0. The van der Waals surface area contributed by atoms with Crippen molar-refractivity contribution in [3.05, 3.63) is 30.3 Å². The van der Waals surface area contributed by atoms with Gasteiger partial charge in [-0.2, -0.15) is 0 Å². The molecule has 1 unspecified atom stereocenters. The molecule has 0 saturated heterocycles. The third-order valence-corrected chi connectivity index (χ3v) is 2.78. The highest BCUT2D eigenvalue weighted by Crippen LogP contribution is 2.40. The van der Waals surface area contributed by atoms with Crippen LogP contribution in [0.5, 0.6) is 17.2 Å². The summed E-state index contributed by atoms with van der Waals surface area (Å²) in [4.78, 5) is 0. The van der Waals surface area contributed by atoms with Crippen LogP contribution in [0.15, 0.2) is 30.3 Å². The number of rotatable bonds is 5. The summed E-state index contributed by atoms with van der Waals surface area (Å²) in [5, 5.41) is 29.4. The van der Waals surface area contributed by atoms with E-state index in [1.165, 1.54) is 13.2 Å². The average molecular weight is 264 g/mol. The van der Waals surface area contributed by atoms with Gasteiger partial charge in [0.1, 0.15) is 18.5 Å². The summed E-state index contributed by atoms with van der Waals surface area (Å²) in [6, 6.07) is 8.75. The van der Waals surface area contributed by atoms with Crippen LogP contribution in [0, 0.1) is 0 Å². The first kappa shape index (κ1) is 13.5. The number of aliphatic hydroxyl groups excluding tert-OH is 2. The molecule has 0 aromatic heterocycles. The van der Waals surface area contributed by atoms with Crippen molar-refractivity contribution in [1.29, 1.82) is 0 Å². The topological polar surface area (TPSA) is 79.2 Å². The van der Waals surface area contributed by atoms with Crippen molar-refractivity contribution in [2.75, 3.05) is 20.3 Å². The van der Waals surface area contributed by atoms with E-state index in [1.807, 2.05) is 24.3 Å². The van der Waals surface area contributed by atoms with Crippen molar-refractivity contribution in [3.8, 4) is 17.2 Å². The van der Waals surface area contributed by atoms with Crippen molar-refractivity contribution in [3.63, 3.8) is 0 Å². The molecule has 1 atom stereocenters. The smallest absolute Gasteiger partial charge is 0.168 e. The lowest BCUT2D eigenvalue weighted by molar-refractivity contribution is 0.0540. The first-order valence-electron chi connectivity index (χ1n) is 5.87. The molecule has 0 fully saturated rings. The average Bonchev–Trinajstić information content (AvgIpc) is 2.44. The second-order valence-electron chi connectivity index (χ2n) is 4.12. The summed E-state index contributed by atoms with van der Waals surface area (Å²) in [5.74, 6) is 0.779. The van der Waals surface area contributed by atoms with Crippen molar-refractivity contribution in [1.82, 2.24) is 0 Å². The van der Waals surface area contributed by atoms with E-state index in [2.05, 4.69) is 0 Å². The minimum absolute atomic E-state index is 0.0327. The Bertz CT molecular complexity index is 567. The maximum absolute atomic E-state index is 9.89. The molecule has 0 bridgehead atoms. The molecule has 0 aliphatic carbocycles. The van der Waals surface area contributed by atoms with Crippen LogP contribution in [0.2, 0.25) is 0 Å². The Labute approximate surface area is 110 Å². The molecule has 0 radical (unpaired) electrons. The Hall–Kier alpha value is -1.98. The van der Waals surface area contributed by atoms with E-state index in [0.29, 0.717) is 11.5 Å². The minimum atomic E-state index is -0.956. The van der Waals surface area contributed by atoms with Crippen LogP contribution in [0.4, 0.5) is 0 Å². The molecule has 0 saturated carbocycles. The summed E-state index contributed by atoms with van der Waals surface area (Å²) >= 11 is 0. The van der Waals surface area contributed by atoms with E-state index in [0.717, 1.165) is 10.8 Å². The predicted octanol–water partition coefficient (Wildman–Crippen LogP) is 1.29. The molecule has 2 rings (SSSR count). The molecule has 3 N–H and O–H groups in total. The van der Waals surface area contributed by atoms with Gasteiger partial charge in [0.2, 0.25) is 0 Å². The van der Waals surface area contributed by atoms with Gasteiger partial charge >= 0.3 is 0 Å². The minimum Gasteiger partial charge on any atom is -0.504 e. The van der Waals surface area contributed by atoms with Crippen molar-refractivity contribution in [2.45, 2.75) is 6.10 Å². The second-order valence-corrected chi connectivity index (χ2v) is 4.12. The fraction of sp³-hybridized carbons (Fsp3) is 0.286. The Balaban J connectivity index is 2.44. The van der Waals surface area contributed by atoms with Crippen LogP contribution in [0.25, 0.3) is 10.8 Å². The Morgan fingerprint density at radius 2 is 1.89 bits per heavy atom. The van der Waals surface area contributed by atoms with Gasteiger partial charge in [-0.25, -0.2) is 0 Å². The molecular weight excluding hydrogens is 248 g/mol. The third kappa shape index (κ3) is 2.72. The highest BCUT2D eigenvalue weighted by Gasteiger charge is 2.13. The van der Waals surface area contributed by atoms with Crippen molar-refractivity contribution < 1.29 is 24.8 Å². The molecule has 2 aromatic carbocycles. The number of hydrogen-bond acceptors (Lipinski definition) is 5. The summed E-state index contributed by atoms with van der Waals surface area (Å²) in [6.07, 6.45) is -0.956. The lowest BCUT2D eigenvalue weighted by Crippen LogP contribution is -2.21. The van der Waals surface area contributed by atoms with E-state index in [4.69, 9.17) is 14.6 Å². The number of fused-ring (bicyclic) bond motifs is 1. The van der Waals surface area contributed by atoms with Gasteiger partial charge < -0.3 is 24.8 Å². The van der Waals surface area contributed by atoms with Gasteiger partial charge in [-0.3, -0.25) is 0 Å². The monoisotopic (exact) mass is 264 g/mol. The molecule has 19 heavy (non-hydrogen) atoms. The van der Waals surface area contributed by atoms with Gasteiger partial charge in [0.25, 0.3) is 0 Å².